The molecule has 0 bridgehead atoms. The first kappa shape index (κ1) is 16.6. The first-order valence-corrected chi connectivity index (χ1v) is 6.37. The maximum atomic E-state index is 11.8. The summed E-state index contributed by atoms with van der Waals surface area (Å²) < 4.78 is 10.3. The number of hydrogen-bond acceptors (Lipinski definition) is 4. The molecule has 1 aromatic rings. The first-order chi connectivity index (χ1) is 10.1. The van der Waals surface area contributed by atoms with Crippen LogP contribution in [0.25, 0.3) is 6.08 Å². The zero-order chi connectivity index (χ0) is 15.8. The summed E-state index contributed by atoms with van der Waals surface area (Å²) in [5, 5.41) is 11.9. The zero-order valence-corrected chi connectivity index (χ0v) is 12.5. The van der Waals surface area contributed by atoms with Crippen LogP contribution in [0, 0.1) is 11.3 Å². The van der Waals surface area contributed by atoms with Crippen molar-refractivity contribution in [3.05, 3.63) is 40.9 Å². The van der Waals surface area contributed by atoms with Crippen molar-refractivity contribution in [3.8, 4) is 17.6 Å². The van der Waals surface area contributed by atoms with Gasteiger partial charge in [-0.2, -0.15) is 5.26 Å². The highest BCUT2D eigenvalue weighted by atomic mass is 35.5. The van der Waals surface area contributed by atoms with E-state index in [0.717, 1.165) is 0 Å². The van der Waals surface area contributed by atoms with Crippen molar-refractivity contribution in [1.29, 1.82) is 5.26 Å². The van der Waals surface area contributed by atoms with Crippen molar-refractivity contribution < 1.29 is 14.3 Å². The molecule has 0 aliphatic heterocycles. The Morgan fingerprint density at radius 1 is 1.48 bits per heavy atom. The van der Waals surface area contributed by atoms with Gasteiger partial charge >= 0.3 is 0 Å². The van der Waals surface area contributed by atoms with E-state index in [-0.39, 0.29) is 12.1 Å². The predicted octanol–water partition coefficient (Wildman–Crippen LogP) is 2.57. The van der Waals surface area contributed by atoms with Crippen LogP contribution in [0.2, 0.25) is 5.02 Å². The number of nitrogens with one attached hydrogen (secondary N) is 1. The molecule has 0 saturated carbocycles. The average Bonchev–Trinajstić information content (AvgIpc) is 2.49. The van der Waals surface area contributed by atoms with Gasteiger partial charge in [-0.15, -0.1) is 6.58 Å². The monoisotopic (exact) mass is 306 g/mol. The molecule has 5 nitrogen and oxygen atoms in total. The Morgan fingerprint density at radius 3 is 2.71 bits per heavy atom. The summed E-state index contributed by atoms with van der Waals surface area (Å²) in [4.78, 5) is 11.8. The van der Waals surface area contributed by atoms with E-state index in [0.29, 0.717) is 22.1 Å². The summed E-state index contributed by atoms with van der Waals surface area (Å²) >= 11 is 6.07. The van der Waals surface area contributed by atoms with Crippen LogP contribution in [0.1, 0.15) is 5.56 Å². The Labute approximate surface area is 128 Å². The SMILES string of the molecule is C=CCNC(=O)/C(C#N)=C/c1cc(Cl)c(OC)c(OC)c1. The Morgan fingerprint density at radius 2 is 2.19 bits per heavy atom. The van der Waals surface area contributed by atoms with Gasteiger partial charge in [0.2, 0.25) is 0 Å². The van der Waals surface area contributed by atoms with Gasteiger partial charge in [0.15, 0.2) is 11.5 Å². The van der Waals surface area contributed by atoms with E-state index in [9.17, 15) is 4.79 Å². The van der Waals surface area contributed by atoms with E-state index in [2.05, 4.69) is 11.9 Å². The van der Waals surface area contributed by atoms with Crippen LogP contribution in [0.5, 0.6) is 11.5 Å². The third-order valence-corrected chi connectivity index (χ3v) is 2.82. The molecule has 0 atom stereocenters. The fourth-order valence-electron chi connectivity index (χ4n) is 1.60. The van der Waals surface area contributed by atoms with Crippen LogP contribution >= 0.6 is 11.6 Å². The largest absolute Gasteiger partial charge is 0.493 e. The van der Waals surface area contributed by atoms with E-state index in [1.807, 2.05) is 6.07 Å². The molecule has 110 valence electrons. The van der Waals surface area contributed by atoms with Crippen LogP contribution < -0.4 is 14.8 Å². The van der Waals surface area contributed by atoms with E-state index in [1.165, 1.54) is 26.4 Å². The van der Waals surface area contributed by atoms with Crippen molar-refractivity contribution in [1.82, 2.24) is 5.32 Å². The molecule has 0 radical (unpaired) electrons. The number of nitrogens with zero attached hydrogens (tertiary/aromatic N) is 1. The van der Waals surface area contributed by atoms with E-state index < -0.39 is 5.91 Å². The van der Waals surface area contributed by atoms with Crippen molar-refractivity contribution in [2.45, 2.75) is 0 Å². The van der Waals surface area contributed by atoms with Crippen LogP contribution in [-0.2, 0) is 4.79 Å². The molecule has 1 rings (SSSR count). The minimum absolute atomic E-state index is 0.0415. The Hall–Kier alpha value is -2.45. The lowest BCUT2D eigenvalue weighted by molar-refractivity contribution is -0.116. The molecule has 0 aliphatic carbocycles. The van der Waals surface area contributed by atoms with Gasteiger partial charge in [-0.05, 0) is 23.8 Å². The van der Waals surface area contributed by atoms with E-state index in [1.54, 1.807) is 12.1 Å². The maximum absolute atomic E-state index is 11.8. The second-order valence-corrected chi connectivity index (χ2v) is 4.31. The van der Waals surface area contributed by atoms with Crippen molar-refractivity contribution in [2.24, 2.45) is 0 Å². The van der Waals surface area contributed by atoms with Gasteiger partial charge in [-0.25, -0.2) is 0 Å². The Kier molecular flexibility index (Phi) is 6.31. The van der Waals surface area contributed by atoms with Crippen LogP contribution in [0.15, 0.2) is 30.4 Å². The molecule has 1 N–H and O–H groups in total. The number of carbonyl (C=O) groups excluding carboxylic acids is 1. The minimum Gasteiger partial charge on any atom is -0.493 e. The lowest BCUT2D eigenvalue weighted by atomic mass is 10.1. The molecule has 0 aromatic heterocycles. The summed E-state index contributed by atoms with van der Waals surface area (Å²) in [6.45, 7) is 3.77. The molecule has 6 heteroatoms. The smallest absolute Gasteiger partial charge is 0.262 e. The van der Waals surface area contributed by atoms with Crippen molar-refractivity contribution in [2.75, 3.05) is 20.8 Å². The fraction of sp³-hybridized carbons (Fsp3) is 0.200. The number of ether oxygens (including phenoxy) is 2. The number of rotatable bonds is 6. The van der Waals surface area contributed by atoms with Gasteiger partial charge in [0, 0.05) is 6.54 Å². The topological polar surface area (TPSA) is 71.4 Å². The molecular weight excluding hydrogens is 292 g/mol. The van der Waals surface area contributed by atoms with Gasteiger partial charge < -0.3 is 14.8 Å². The highest BCUT2D eigenvalue weighted by Gasteiger charge is 2.12. The Balaban J connectivity index is 3.18. The third kappa shape index (κ3) is 4.26. The van der Waals surface area contributed by atoms with E-state index in [4.69, 9.17) is 26.3 Å². The highest BCUT2D eigenvalue weighted by Crippen LogP contribution is 2.36. The average molecular weight is 307 g/mol. The molecule has 0 heterocycles. The summed E-state index contributed by atoms with van der Waals surface area (Å²) in [7, 11) is 2.95. The molecule has 0 unspecified atom stereocenters. The molecule has 0 spiro atoms. The van der Waals surface area contributed by atoms with Gasteiger partial charge in [0.05, 0.1) is 19.2 Å². The van der Waals surface area contributed by atoms with Gasteiger partial charge in [-0.3, -0.25) is 4.79 Å². The van der Waals surface area contributed by atoms with Gasteiger partial charge in [0.25, 0.3) is 5.91 Å². The van der Waals surface area contributed by atoms with Crippen molar-refractivity contribution in [3.63, 3.8) is 0 Å². The number of benzene rings is 1. The third-order valence-electron chi connectivity index (χ3n) is 2.54. The van der Waals surface area contributed by atoms with Gasteiger partial charge in [0.1, 0.15) is 11.6 Å². The summed E-state index contributed by atoms with van der Waals surface area (Å²) in [5.74, 6) is 0.328. The molecule has 1 amide bonds. The van der Waals surface area contributed by atoms with Gasteiger partial charge in [-0.1, -0.05) is 17.7 Å². The number of amides is 1. The summed E-state index contributed by atoms with van der Waals surface area (Å²) in [5.41, 5.74) is 0.517. The number of nitriles is 1. The van der Waals surface area contributed by atoms with Crippen molar-refractivity contribution >= 4 is 23.6 Å². The predicted molar refractivity (Wildman–Crippen MR) is 81.4 cm³/mol. The van der Waals surface area contributed by atoms with Crippen LogP contribution in [-0.4, -0.2) is 26.7 Å². The Bertz CT molecular complexity index is 618. The molecule has 0 saturated heterocycles. The van der Waals surface area contributed by atoms with Crippen LogP contribution in [0.3, 0.4) is 0 Å². The normalized spacial score (nSPS) is 10.5. The standard InChI is InChI=1S/C15H15ClN2O3/c1-4-5-18-15(19)11(9-17)6-10-7-12(16)14(21-3)13(8-10)20-2/h4,6-8H,1,5H2,2-3H3,(H,18,19)/b11-6+. The lowest BCUT2D eigenvalue weighted by Crippen LogP contribution is -2.24. The first-order valence-electron chi connectivity index (χ1n) is 5.99. The molecular formula is C15H15ClN2O3. The second-order valence-electron chi connectivity index (χ2n) is 3.91. The summed E-state index contributed by atoms with van der Waals surface area (Å²) in [6.07, 6.45) is 2.95. The lowest BCUT2D eigenvalue weighted by Gasteiger charge is -2.10. The van der Waals surface area contributed by atoms with Crippen LogP contribution in [0.4, 0.5) is 0 Å². The second kappa shape index (κ2) is 7.98. The molecule has 0 fully saturated rings. The van der Waals surface area contributed by atoms with E-state index >= 15 is 0 Å². The number of halogens is 1. The fourth-order valence-corrected chi connectivity index (χ4v) is 1.89. The molecule has 1 aromatic carbocycles. The maximum Gasteiger partial charge on any atom is 0.262 e. The zero-order valence-electron chi connectivity index (χ0n) is 11.8. The number of hydrogen-bond donors (Lipinski definition) is 1. The molecule has 21 heavy (non-hydrogen) atoms. The summed E-state index contributed by atoms with van der Waals surface area (Å²) in [6, 6.07) is 5.06. The number of carbonyl (C=O) groups is 1. The number of methoxy groups -OCH3 is 2. The quantitative estimate of drug-likeness (QED) is 0.498. The minimum atomic E-state index is -0.483. The highest BCUT2D eigenvalue weighted by molar-refractivity contribution is 6.32. The molecule has 0 aliphatic rings.